The van der Waals surface area contributed by atoms with Crippen LogP contribution in [0.1, 0.15) is 27.3 Å². The maximum absolute atomic E-state index is 12.1. The maximum Gasteiger partial charge on any atom is 0.251 e. The van der Waals surface area contributed by atoms with Crippen LogP contribution in [0.25, 0.3) is 5.69 Å². The summed E-state index contributed by atoms with van der Waals surface area (Å²) in [5.74, 6) is -0.234. The van der Waals surface area contributed by atoms with Crippen molar-refractivity contribution in [1.29, 1.82) is 0 Å². The molecule has 2 heterocycles. The van der Waals surface area contributed by atoms with Gasteiger partial charge < -0.3 is 9.88 Å². The zero-order valence-corrected chi connectivity index (χ0v) is 15.2. The number of hydrogen-bond acceptors (Lipinski definition) is 3. The molecule has 0 radical (unpaired) electrons. The molecule has 0 saturated carbocycles. The molecule has 0 bridgehead atoms. The Labute approximate surface area is 152 Å². The fraction of sp³-hybridized carbons (Fsp3) is 0.250. The lowest BCUT2D eigenvalue weighted by atomic mass is 10.1. The Hall–Kier alpha value is -3.15. The second-order valence-electron chi connectivity index (χ2n) is 6.38. The fourth-order valence-corrected chi connectivity index (χ4v) is 2.81. The van der Waals surface area contributed by atoms with Crippen LogP contribution in [0.4, 0.5) is 0 Å². The Bertz CT molecular complexity index is 984. The summed E-state index contributed by atoms with van der Waals surface area (Å²) < 4.78 is 3.35. The summed E-state index contributed by atoms with van der Waals surface area (Å²) in [7, 11) is 1.65. The quantitative estimate of drug-likeness (QED) is 0.767. The van der Waals surface area contributed by atoms with Gasteiger partial charge in [-0.05, 0) is 50.1 Å². The molecule has 1 aromatic carbocycles. The SMILES string of the molecule is Cc1cc(C)n(-c2ccc(CCNC(=O)c3ccn(C)c(=O)c3)cc2)n1. The lowest BCUT2D eigenvalue weighted by Crippen LogP contribution is -2.27. The lowest BCUT2D eigenvalue weighted by Gasteiger charge is -2.08. The molecular formula is C20H22N4O2. The van der Waals surface area contributed by atoms with Crippen LogP contribution in [0, 0.1) is 13.8 Å². The second-order valence-corrected chi connectivity index (χ2v) is 6.38. The Morgan fingerprint density at radius 1 is 1.12 bits per heavy atom. The van der Waals surface area contributed by atoms with Crippen LogP contribution in [-0.2, 0) is 13.5 Å². The highest BCUT2D eigenvalue weighted by Crippen LogP contribution is 2.13. The van der Waals surface area contributed by atoms with Gasteiger partial charge in [0.2, 0.25) is 0 Å². The molecule has 0 aliphatic carbocycles. The van der Waals surface area contributed by atoms with Gasteiger partial charge in [0.1, 0.15) is 0 Å². The minimum Gasteiger partial charge on any atom is -0.352 e. The molecule has 0 fully saturated rings. The second kappa shape index (κ2) is 7.39. The van der Waals surface area contributed by atoms with Crippen LogP contribution >= 0.6 is 0 Å². The summed E-state index contributed by atoms with van der Waals surface area (Å²) in [6.07, 6.45) is 2.31. The molecule has 0 spiro atoms. The number of nitrogens with one attached hydrogen (secondary N) is 1. The summed E-state index contributed by atoms with van der Waals surface area (Å²) in [5, 5.41) is 7.32. The van der Waals surface area contributed by atoms with E-state index in [9.17, 15) is 9.59 Å². The fourth-order valence-electron chi connectivity index (χ4n) is 2.81. The topological polar surface area (TPSA) is 68.9 Å². The van der Waals surface area contributed by atoms with Crippen molar-refractivity contribution in [3.63, 3.8) is 0 Å². The standard InChI is InChI=1S/C20H22N4O2/c1-14-12-15(2)24(22-14)18-6-4-16(5-7-18)8-10-21-20(26)17-9-11-23(3)19(25)13-17/h4-7,9,11-13H,8,10H2,1-3H3,(H,21,26). The van der Waals surface area contributed by atoms with Gasteiger partial charge in [-0.2, -0.15) is 5.10 Å². The Morgan fingerprint density at radius 3 is 2.46 bits per heavy atom. The average molecular weight is 350 g/mol. The van der Waals surface area contributed by atoms with E-state index >= 15 is 0 Å². The molecule has 26 heavy (non-hydrogen) atoms. The van der Waals surface area contributed by atoms with E-state index in [2.05, 4.69) is 10.4 Å². The van der Waals surface area contributed by atoms with Crippen molar-refractivity contribution < 1.29 is 4.79 Å². The molecule has 3 rings (SSSR count). The molecule has 0 atom stereocenters. The molecule has 6 heteroatoms. The van der Waals surface area contributed by atoms with E-state index in [-0.39, 0.29) is 11.5 Å². The third-order valence-electron chi connectivity index (χ3n) is 4.26. The summed E-state index contributed by atoms with van der Waals surface area (Å²) in [5.41, 5.74) is 4.41. The lowest BCUT2D eigenvalue weighted by molar-refractivity contribution is 0.0954. The average Bonchev–Trinajstić information content (AvgIpc) is 2.96. The summed E-state index contributed by atoms with van der Waals surface area (Å²) >= 11 is 0. The minimum absolute atomic E-state index is 0.197. The van der Waals surface area contributed by atoms with Crippen molar-refractivity contribution >= 4 is 5.91 Å². The van der Waals surface area contributed by atoms with E-state index in [0.717, 1.165) is 22.6 Å². The molecule has 0 aliphatic rings. The molecule has 0 aliphatic heterocycles. The number of nitrogens with zero attached hydrogens (tertiary/aromatic N) is 3. The van der Waals surface area contributed by atoms with Crippen LogP contribution in [-0.4, -0.2) is 26.8 Å². The number of pyridine rings is 1. The van der Waals surface area contributed by atoms with Crippen molar-refractivity contribution in [1.82, 2.24) is 19.7 Å². The largest absolute Gasteiger partial charge is 0.352 e. The zero-order chi connectivity index (χ0) is 18.7. The normalized spacial score (nSPS) is 10.7. The van der Waals surface area contributed by atoms with E-state index < -0.39 is 0 Å². The molecular weight excluding hydrogens is 328 g/mol. The molecule has 6 nitrogen and oxygen atoms in total. The first-order valence-electron chi connectivity index (χ1n) is 8.51. The first-order valence-corrected chi connectivity index (χ1v) is 8.51. The van der Waals surface area contributed by atoms with Gasteiger partial charge >= 0.3 is 0 Å². The number of aromatic nitrogens is 3. The molecule has 0 saturated heterocycles. The Balaban J connectivity index is 1.58. The Morgan fingerprint density at radius 2 is 1.85 bits per heavy atom. The Kier molecular flexibility index (Phi) is 5.02. The van der Waals surface area contributed by atoms with Gasteiger partial charge in [-0.15, -0.1) is 0 Å². The number of aryl methyl sites for hydroxylation is 3. The highest BCUT2D eigenvalue weighted by Gasteiger charge is 2.07. The predicted molar refractivity (Wildman–Crippen MR) is 101 cm³/mol. The monoisotopic (exact) mass is 350 g/mol. The molecule has 2 aromatic heterocycles. The predicted octanol–water partition coefficient (Wildman–Crippen LogP) is 2.16. The van der Waals surface area contributed by atoms with E-state index in [1.807, 2.05) is 48.9 Å². The smallest absolute Gasteiger partial charge is 0.251 e. The molecule has 1 N–H and O–H groups in total. The van der Waals surface area contributed by atoms with Gasteiger partial charge in [0, 0.05) is 37.1 Å². The molecule has 134 valence electrons. The maximum atomic E-state index is 12.1. The zero-order valence-electron chi connectivity index (χ0n) is 15.2. The third kappa shape index (κ3) is 3.91. The first-order chi connectivity index (χ1) is 12.4. The van der Waals surface area contributed by atoms with Crippen LogP contribution in [0.2, 0.25) is 0 Å². The number of carbonyl (C=O) groups is 1. The van der Waals surface area contributed by atoms with Crippen molar-refractivity contribution in [2.24, 2.45) is 7.05 Å². The van der Waals surface area contributed by atoms with Gasteiger partial charge in [0.05, 0.1) is 11.4 Å². The highest BCUT2D eigenvalue weighted by molar-refractivity contribution is 5.93. The van der Waals surface area contributed by atoms with E-state index in [4.69, 9.17) is 0 Å². The summed E-state index contributed by atoms with van der Waals surface area (Å²) in [4.78, 5) is 23.7. The van der Waals surface area contributed by atoms with E-state index in [0.29, 0.717) is 18.5 Å². The molecule has 1 amide bonds. The van der Waals surface area contributed by atoms with Gasteiger partial charge in [0.15, 0.2) is 0 Å². The number of benzene rings is 1. The van der Waals surface area contributed by atoms with Gasteiger partial charge in [-0.25, -0.2) is 4.68 Å². The number of amides is 1. The van der Waals surface area contributed by atoms with Gasteiger partial charge in [0.25, 0.3) is 11.5 Å². The van der Waals surface area contributed by atoms with Gasteiger partial charge in [-0.3, -0.25) is 9.59 Å². The molecule has 0 unspecified atom stereocenters. The van der Waals surface area contributed by atoms with Gasteiger partial charge in [-0.1, -0.05) is 12.1 Å². The van der Waals surface area contributed by atoms with Crippen molar-refractivity contribution in [2.45, 2.75) is 20.3 Å². The summed E-state index contributed by atoms with van der Waals surface area (Å²) in [6.45, 7) is 4.51. The minimum atomic E-state index is -0.234. The highest BCUT2D eigenvalue weighted by atomic mass is 16.2. The number of carbonyl (C=O) groups excluding carboxylic acids is 1. The van der Waals surface area contributed by atoms with Crippen LogP contribution in [0.15, 0.2) is 53.5 Å². The third-order valence-corrected chi connectivity index (χ3v) is 4.26. The number of rotatable bonds is 5. The van der Waals surface area contributed by atoms with Crippen molar-refractivity contribution in [2.75, 3.05) is 6.54 Å². The van der Waals surface area contributed by atoms with Crippen molar-refractivity contribution in [3.05, 3.63) is 81.5 Å². The van der Waals surface area contributed by atoms with E-state index in [1.54, 1.807) is 19.3 Å². The first kappa shape index (κ1) is 17.7. The molecule has 3 aromatic rings. The van der Waals surface area contributed by atoms with Crippen LogP contribution in [0.3, 0.4) is 0 Å². The van der Waals surface area contributed by atoms with Crippen LogP contribution < -0.4 is 10.9 Å². The summed E-state index contributed by atoms with van der Waals surface area (Å²) in [6, 6.07) is 13.2. The number of hydrogen-bond donors (Lipinski definition) is 1. The van der Waals surface area contributed by atoms with Crippen LogP contribution in [0.5, 0.6) is 0 Å². The van der Waals surface area contributed by atoms with Crippen molar-refractivity contribution in [3.8, 4) is 5.69 Å². The van der Waals surface area contributed by atoms with E-state index in [1.165, 1.54) is 10.6 Å².